The number of ether oxygens (including phenoxy) is 1. The second-order valence-electron chi connectivity index (χ2n) is 7.51. The third-order valence-electron chi connectivity index (χ3n) is 4.85. The number of carboxylic acid groups (broad SMARTS) is 1. The maximum atomic E-state index is 12.6. The summed E-state index contributed by atoms with van der Waals surface area (Å²) in [7, 11) is -4.13. The van der Waals surface area contributed by atoms with E-state index in [1.165, 1.54) is 40.9 Å². The van der Waals surface area contributed by atoms with Crippen LogP contribution in [-0.2, 0) is 14.8 Å². The molecule has 0 bridgehead atoms. The minimum atomic E-state index is -4.13. The Labute approximate surface area is 205 Å². The number of aliphatic carboxylic acids is 1. The first-order valence-electron chi connectivity index (χ1n) is 10.6. The van der Waals surface area contributed by atoms with E-state index in [2.05, 4.69) is 10.3 Å². The summed E-state index contributed by atoms with van der Waals surface area (Å²) in [5.74, 6) is -1.78. The lowest BCUT2D eigenvalue weighted by atomic mass is 10.2. The quantitative estimate of drug-likeness (QED) is 0.0880. The molecule has 190 valence electrons. The Morgan fingerprint density at radius 3 is 2.50 bits per heavy atom. The molecular formula is C22H25N6O7S+. The van der Waals surface area contributed by atoms with Gasteiger partial charge in [0.2, 0.25) is 10.0 Å². The molecule has 0 saturated carbocycles. The van der Waals surface area contributed by atoms with Crippen LogP contribution in [0.2, 0.25) is 0 Å². The van der Waals surface area contributed by atoms with E-state index in [9.17, 15) is 27.9 Å². The second-order valence-corrected chi connectivity index (χ2v) is 9.22. The van der Waals surface area contributed by atoms with Crippen molar-refractivity contribution in [1.82, 2.24) is 14.4 Å². The Kier molecular flexibility index (Phi) is 8.24. The van der Waals surface area contributed by atoms with Crippen molar-refractivity contribution in [3.63, 3.8) is 0 Å². The lowest BCUT2D eigenvalue weighted by molar-refractivity contribution is -0.461. The van der Waals surface area contributed by atoms with Crippen molar-refractivity contribution in [2.45, 2.75) is 10.9 Å². The van der Waals surface area contributed by atoms with Crippen LogP contribution in [0.25, 0.3) is 5.52 Å². The van der Waals surface area contributed by atoms with E-state index in [0.29, 0.717) is 17.8 Å². The second kappa shape index (κ2) is 11.3. The van der Waals surface area contributed by atoms with E-state index in [-0.39, 0.29) is 23.0 Å². The van der Waals surface area contributed by atoms with Crippen molar-refractivity contribution in [2.24, 2.45) is 11.5 Å². The molecule has 8 N–H and O–H groups in total. The van der Waals surface area contributed by atoms with E-state index in [1.54, 1.807) is 18.2 Å². The number of fused-ring (bicyclic) bond motifs is 1. The fraction of sp³-hybridized carbons (Fsp3) is 0.182. The average Bonchev–Trinajstić information content (AvgIpc) is 2.84. The summed E-state index contributed by atoms with van der Waals surface area (Å²) in [4.78, 5) is 39.3. The molecule has 0 aliphatic carbocycles. The van der Waals surface area contributed by atoms with Crippen molar-refractivity contribution >= 4 is 33.4 Å². The number of sulfonamides is 1. The number of nitrogens with one attached hydrogen (secondary N) is 3. The monoisotopic (exact) mass is 517 g/mol. The third kappa shape index (κ3) is 6.80. The number of aromatic nitrogens is 1. The number of carbonyl (C=O) groups excluding carboxylic acids is 1. The molecule has 0 saturated heterocycles. The fourth-order valence-electron chi connectivity index (χ4n) is 3.12. The molecule has 0 radical (unpaired) electrons. The number of benzene rings is 1. The molecule has 2 heterocycles. The minimum Gasteiger partial charge on any atom is -0.489 e. The van der Waals surface area contributed by atoms with Gasteiger partial charge in [-0.3, -0.25) is 35.2 Å². The highest BCUT2D eigenvalue weighted by molar-refractivity contribution is 7.89. The number of hydrogen-bond donors (Lipinski definition) is 6. The molecule has 0 aliphatic heterocycles. The Morgan fingerprint density at radius 1 is 1.11 bits per heavy atom. The predicted molar refractivity (Wildman–Crippen MR) is 129 cm³/mol. The fourth-order valence-corrected chi connectivity index (χ4v) is 4.33. The molecule has 14 heteroatoms. The molecule has 2 aromatic heterocycles. The van der Waals surface area contributed by atoms with Crippen LogP contribution >= 0.6 is 0 Å². The van der Waals surface area contributed by atoms with Crippen LogP contribution in [0.3, 0.4) is 0 Å². The summed E-state index contributed by atoms with van der Waals surface area (Å²) in [6.45, 7) is 0.0375. The number of carboxylic acids is 1. The molecule has 1 atom stereocenters. The van der Waals surface area contributed by atoms with Gasteiger partial charge >= 0.3 is 11.9 Å². The van der Waals surface area contributed by atoms with Crippen LogP contribution < -0.4 is 36.8 Å². The molecule has 1 aromatic carbocycles. The molecule has 0 spiro atoms. The maximum absolute atomic E-state index is 12.6. The van der Waals surface area contributed by atoms with Crippen molar-refractivity contribution in [3.8, 4) is 5.75 Å². The lowest BCUT2D eigenvalue weighted by Crippen LogP contribution is -2.79. The van der Waals surface area contributed by atoms with Gasteiger partial charge in [-0.15, -0.1) is 0 Å². The Bertz CT molecular complexity index is 1450. The first-order chi connectivity index (χ1) is 17.1. The summed E-state index contributed by atoms with van der Waals surface area (Å²) < 4.78 is 33.7. The lowest BCUT2D eigenvalue weighted by Gasteiger charge is -2.16. The van der Waals surface area contributed by atoms with Crippen molar-refractivity contribution < 1.29 is 32.8 Å². The van der Waals surface area contributed by atoms with Crippen molar-refractivity contribution in [3.05, 3.63) is 76.7 Å². The summed E-state index contributed by atoms with van der Waals surface area (Å²) in [5, 5.41) is 11.8. The zero-order valence-electron chi connectivity index (χ0n) is 18.9. The molecule has 13 nitrogen and oxygen atoms in total. The zero-order valence-corrected chi connectivity index (χ0v) is 19.7. The van der Waals surface area contributed by atoms with Gasteiger partial charge in [0.05, 0.1) is 17.6 Å². The Hall–Kier alpha value is -4.43. The van der Waals surface area contributed by atoms with Gasteiger partial charge in [-0.25, -0.2) is 8.42 Å². The number of pyridine rings is 2. The van der Waals surface area contributed by atoms with Crippen LogP contribution in [0.15, 0.2) is 70.5 Å². The number of nitrogens with zero attached hydrogens (tertiary/aromatic N) is 1. The standard InChI is InChI=1S/C22H24N6O7S/c23-22(24)25-8-9-35-16-7-6-15-10-14(11-19(29)28(15)13-16)20(30)26-12-18(21(31)32)27-36(33,34)17-4-2-1-3-5-17/h1-7,10-11,13,18,27H,8-9,12H2,(H,26,30)(H,31,32)(H4,23,24,25)/p+1/t18-/m0/s1. The predicted octanol–water partition coefficient (Wildman–Crippen LogP) is -2.81. The highest BCUT2D eigenvalue weighted by Crippen LogP contribution is 2.13. The summed E-state index contributed by atoms with van der Waals surface area (Å²) in [5.41, 5.74) is 10.4. The van der Waals surface area contributed by atoms with Gasteiger partial charge in [0.1, 0.15) is 18.4 Å². The third-order valence-corrected chi connectivity index (χ3v) is 6.34. The number of hydrogen-bond acceptors (Lipinski definition) is 6. The van der Waals surface area contributed by atoms with Crippen LogP contribution in [-0.4, -0.2) is 61.5 Å². The molecule has 3 aromatic rings. The van der Waals surface area contributed by atoms with Gasteiger partial charge in [-0.1, -0.05) is 18.2 Å². The van der Waals surface area contributed by atoms with Crippen molar-refractivity contribution in [2.75, 3.05) is 19.7 Å². The van der Waals surface area contributed by atoms with E-state index < -0.39 is 40.0 Å². The van der Waals surface area contributed by atoms with Crippen molar-refractivity contribution in [1.29, 1.82) is 0 Å². The highest BCUT2D eigenvalue weighted by atomic mass is 32.2. The van der Waals surface area contributed by atoms with Gasteiger partial charge < -0.3 is 15.2 Å². The van der Waals surface area contributed by atoms with Crippen LogP contribution in [0.1, 0.15) is 10.4 Å². The average molecular weight is 518 g/mol. The van der Waals surface area contributed by atoms with E-state index in [1.807, 2.05) is 4.72 Å². The number of nitrogens with two attached hydrogens (primary N) is 2. The number of rotatable bonds is 11. The van der Waals surface area contributed by atoms with Gasteiger partial charge in [0, 0.05) is 23.7 Å². The molecule has 1 amide bonds. The Balaban J connectivity index is 1.70. The molecule has 0 unspecified atom stereocenters. The number of guanidine groups is 1. The van der Waals surface area contributed by atoms with E-state index >= 15 is 0 Å². The Morgan fingerprint density at radius 2 is 1.83 bits per heavy atom. The van der Waals surface area contributed by atoms with E-state index in [0.717, 1.165) is 6.07 Å². The normalized spacial score (nSPS) is 12.0. The summed E-state index contributed by atoms with van der Waals surface area (Å²) >= 11 is 0. The van der Waals surface area contributed by atoms with Crippen LogP contribution in [0.5, 0.6) is 5.75 Å². The maximum Gasteiger partial charge on any atom is 0.338 e. The minimum absolute atomic E-state index is 0.0260. The zero-order chi connectivity index (χ0) is 26.3. The largest absolute Gasteiger partial charge is 0.489 e. The van der Waals surface area contributed by atoms with Gasteiger partial charge in [0.15, 0.2) is 0 Å². The molecule has 3 rings (SSSR count). The SMILES string of the molecule is NC(N)=[NH+]CCOc1ccc2cc(C(=O)NC[C@H](NS(=O)(=O)c3ccccc3)C(=O)O)cc(=O)n2c1. The molecule has 0 aliphatic rings. The van der Waals surface area contributed by atoms with Crippen LogP contribution in [0, 0.1) is 0 Å². The first-order valence-corrected chi connectivity index (χ1v) is 12.0. The van der Waals surface area contributed by atoms with Gasteiger partial charge in [0.25, 0.3) is 11.5 Å². The molecule has 36 heavy (non-hydrogen) atoms. The molecular weight excluding hydrogens is 492 g/mol. The number of amides is 1. The van der Waals surface area contributed by atoms with Gasteiger partial charge in [-0.2, -0.15) is 4.72 Å². The topological polar surface area (TPSA) is 209 Å². The highest BCUT2D eigenvalue weighted by Gasteiger charge is 2.26. The van der Waals surface area contributed by atoms with Crippen LogP contribution in [0.4, 0.5) is 0 Å². The first kappa shape index (κ1) is 26.2. The summed E-state index contributed by atoms with van der Waals surface area (Å²) in [6.07, 6.45) is 1.45. The van der Waals surface area contributed by atoms with Gasteiger partial charge in [-0.05, 0) is 30.3 Å². The summed E-state index contributed by atoms with van der Waals surface area (Å²) in [6, 6.07) is 11.3. The van der Waals surface area contributed by atoms with E-state index in [4.69, 9.17) is 16.2 Å². The molecule has 0 fully saturated rings. The number of carbonyl (C=O) groups is 2. The smallest absolute Gasteiger partial charge is 0.338 e.